The van der Waals surface area contributed by atoms with Crippen LogP contribution in [-0.2, 0) is 0 Å². The minimum absolute atomic E-state index is 0.217. The van der Waals surface area contributed by atoms with E-state index in [1.807, 2.05) is 6.07 Å². The Kier molecular flexibility index (Phi) is 3.04. The smallest absolute Gasteiger partial charge is 0.124 e. The van der Waals surface area contributed by atoms with Gasteiger partial charge in [-0.2, -0.15) is 5.26 Å². The normalized spacial score (nSPS) is 20.8. The van der Waals surface area contributed by atoms with E-state index in [0.717, 1.165) is 55.4 Å². The molecule has 0 bridgehead atoms. The van der Waals surface area contributed by atoms with Crippen LogP contribution in [0.15, 0.2) is 30.5 Å². The Labute approximate surface area is 129 Å². The first-order valence-electron chi connectivity index (χ1n) is 7.88. The molecule has 1 aliphatic heterocycles. The highest BCUT2D eigenvalue weighted by molar-refractivity contribution is 5.91. The SMILES string of the molecule is N#CC1CC2(CCN(c3ccnc4ccc(F)cc34)CC2)C1. The molecule has 2 heterocycles. The van der Waals surface area contributed by atoms with Crippen LogP contribution in [-0.4, -0.2) is 18.1 Å². The predicted octanol–water partition coefficient (Wildman–Crippen LogP) is 3.89. The van der Waals surface area contributed by atoms with Crippen LogP contribution < -0.4 is 4.90 Å². The Morgan fingerprint density at radius 1 is 1.23 bits per heavy atom. The molecule has 0 N–H and O–H groups in total. The fourth-order valence-electron chi connectivity index (χ4n) is 4.09. The number of fused-ring (bicyclic) bond motifs is 1. The average Bonchev–Trinajstić information content (AvgIpc) is 2.52. The maximum absolute atomic E-state index is 13.6. The molecule has 0 radical (unpaired) electrons. The maximum atomic E-state index is 13.6. The highest BCUT2D eigenvalue weighted by Crippen LogP contribution is 2.52. The zero-order chi connectivity index (χ0) is 15.2. The van der Waals surface area contributed by atoms with E-state index >= 15 is 0 Å². The topological polar surface area (TPSA) is 39.9 Å². The van der Waals surface area contributed by atoms with Gasteiger partial charge in [0.05, 0.1) is 11.6 Å². The van der Waals surface area contributed by atoms with E-state index in [1.165, 1.54) is 6.07 Å². The summed E-state index contributed by atoms with van der Waals surface area (Å²) < 4.78 is 13.6. The Bertz CT molecular complexity index is 749. The van der Waals surface area contributed by atoms with Crippen LogP contribution in [0.5, 0.6) is 0 Å². The molecule has 2 aliphatic rings. The van der Waals surface area contributed by atoms with Crippen molar-refractivity contribution in [3.8, 4) is 6.07 Å². The van der Waals surface area contributed by atoms with Gasteiger partial charge in [-0.1, -0.05) is 0 Å². The molecule has 3 nitrogen and oxygen atoms in total. The molecule has 22 heavy (non-hydrogen) atoms. The fraction of sp³-hybridized carbons (Fsp3) is 0.444. The second kappa shape index (κ2) is 4.95. The van der Waals surface area contributed by atoms with Crippen molar-refractivity contribution in [3.05, 3.63) is 36.3 Å². The first-order valence-corrected chi connectivity index (χ1v) is 7.88. The summed E-state index contributed by atoms with van der Waals surface area (Å²) in [5, 5.41) is 9.86. The number of pyridine rings is 1. The lowest BCUT2D eigenvalue weighted by molar-refractivity contribution is 0.0566. The molecule has 0 amide bonds. The molecule has 2 aromatic rings. The molecule has 1 saturated heterocycles. The van der Waals surface area contributed by atoms with E-state index in [1.54, 1.807) is 18.3 Å². The van der Waals surface area contributed by atoms with Gasteiger partial charge in [-0.25, -0.2) is 4.39 Å². The van der Waals surface area contributed by atoms with Gasteiger partial charge < -0.3 is 4.90 Å². The summed E-state index contributed by atoms with van der Waals surface area (Å²) in [5.74, 6) is 0.0495. The molecular weight excluding hydrogens is 277 g/mol. The average molecular weight is 295 g/mol. The zero-order valence-corrected chi connectivity index (χ0v) is 12.4. The van der Waals surface area contributed by atoms with Crippen LogP contribution in [0.3, 0.4) is 0 Å². The van der Waals surface area contributed by atoms with Gasteiger partial charge in [0, 0.05) is 36.3 Å². The number of anilines is 1. The molecule has 2 fully saturated rings. The lowest BCUT2D eigenvalue weighted by atomic mass is 9.58. The van der Waals surface area contributed by atoms with Gasteiger partial charge in [-0.05, 0) is 55.4 Å². The van der Waals surface area contributed by atoms with Crippen LogP contribution in [0, 0.1) is 28.5 Å². The predicted molar refractivity (Wildman–Crippen MR) is 83.9 cm³/mol. The third-order valence-corrected chi connectivity index (χ3v) is 5.39. The second-order valence-electron chi connectivity index (χ2n) is 6.71. The molecule has 1 saturated carbocycles. The van der Waals surface area contributed by atoms with Gasteiger partial charge in [-0.15, -0.1) is 0 Å². The van der Waals surface area contributed by atoms with Crippen molar-refractivity contribution in [2.24, 2.45) is 11.3 Å². The summed E-state index contributed by atoms with van der Waals surface area (Å²) in [4.78, 5) is 6.67. The van der Waals surface area contributed by atoms with E-state index in [2.05, 4.69) is 16.0 Å². The minimum Gasteiger partial charge on any atom is -0.371 e. The van der Waals surface area contributed by atoms with Crippen LogP contribution in [0.1, 0.15) is 25.7 Å². The molecule has 1 aromatic heterocycles. The molecule has 0 unspecified atom stereocenters. The molecule has 0 atom stereocenters. The van der Waals surface area contributed by atoms with Crippen LogP contribution in [0.4, 0.5) is 10.1 Å². The number of hydrogen-bond donors (Lipinski definition) is 0. The second-order valence-corrected chi connectivity index (χ2v) is 6.71. The molecular formula is C18H18FN3. The van der Waals surface area contributed by atoms with Crippen LogP contribution in [0.25, 0.3) is 10.9 Å². The van der Waals surface area contributed by atoms with Gasteiger partial charge in [0.25, 0.3) is 0 Å². The van der Waals surface area contributed by atoms with E-state index < -0.39 is 0 Å². The third-order valence-electron chi connectivity index (χ3n) is 5.39. The van der Waals surface area contributed by atoms with E-state index in [9.17, 15) is 4.39 Å². The third kappa shape index (κ3) is 2.12. The van der Waals surface area contributed by atoms with Crippen molar-refractivity contribution in [3.63, 3.8) is 0 Å². The Hall–Kier alpha value is -2.15. The Morgan fingerprint density at radius 2 is 2.00 bits per heavy atom. The molecule has 4 rings (SSSR count). The number of nitrogens with zero attached hydrogens (tertiary/aromatic N) is 3. The van der Waals surface area contributed by atoms with Crippen LogP contribution in [0.2, 0.25) is 0 Å². The zero-order valence-electron chi connectivity index (χ0n) is 12.4. The van der Waals surface area contributed by atoms with E-state index in [0.29, 0.717) is 5.41 Å². The Morgan fingerprint density at radius 3 is 2.73 bits per heavy atom. The van der Waals surface area contributed by atoms with Crippen molar-refractivity contribution in [1.82, 2.24) is 4.98 Å². The van der Waals surface area contributed by atoms with Gasteiger partial charge in [0.2, 0.25) is 0 Å². The van der Waals surface area contributed by atoms with Crippen molar-refractivity contribution >= 4 is 16.6 Å². The Balaban J connectivity index is 1.57. The quantitative estimate of drug-likeness (QED) is 0.801. The number of nitriles is 1. The summed E-state index contributed by atoms with van der Waals surface area (Å²) in [5.41, 5.74) is 2.31. The maximum Gasteiger partial charge on any atom is 0.124 e. The summed E-state index contributed by atoms with van der Waals surface area (Å²) in [6.45, 7) is 1.96. The summed E-state index contributed by atoms with van der Waals surface area (Å²) in [6.07, 6.45) is 6.18. The minimum atomic E-state index is -0.217. The van der Waals surface area contributed by atoms with E-state index in [4.69, 9.17) is 5.26 Å². The van der Waals surface area contributed by atoms with Crippen molar-refractivity contribution in [2.75, 3.05) is 18.0 Å². The fourth-order valence-corrected chi connectivity index (χ4v) is 4.09. The summed E-state index contributed by atoms with van der Waals surface area (Å²) in [7, 11) is 0. The van der Waals surface area contributed by atoms with Crippen molar-refractivity contribution in [2.45, 2.75) is 25.7 Å². The molecule has 112 valence electrons. The van der Waals surface area contributed by atoms with Crippen molar-refractivity contribution in [1.29, 1.82) is 5.26 Å². The van der Waals surface area contributed by atoms with Gasteiger partial charge in [0.1, 0.15) is 5.82 Å². The number of hydrogen-bond acceptors (Lipinski definition) is 3. The summed E-state index contributed by atoms with van der Waals surface area (Å²) in [6, 6.07) is 9.15. The molecule has 1 aromatic carbocycles. The monoisotopic (exact) mass is 295 g/mol. The molecule has 4 heteroatoms. The van der Waals surface area contributed by atoms with E-state index in [-0.39, 0.29) is 11.7 Å². The first kappa shape index (κ1) is 13.5. The van der Waals surface area contributed by atoms with Crippen molar-refractivity contribution < 1.29 is 4.39 Å². The van der Waals surface area contributed by atoms with Gasteiger partial charge in [-0.3, -0.25) is 4.98 Å². The largest absolute Gasteiger partial charge is 0.371 e. The van der Waals surface area contributed by atoms with Gasteiger partial charge >= 0.3 is 0 Å². The first-order chi connectivity index (χ1) is 10.7. The highest BCUT2D eigenvalue weighted by atomic mass is 19.1. The highest BCUT2D eigenvalue weighted by Gasteiger charge is 2.45. The standard InChI is InChI=1S/C18H18FN3/c19-14-1-2-16-15(9-14)17(3-6-21-16)22-7-4-18(5-8-22)10-13(11-18)12-20/h1-3,6,9,13H,4-5,7-8,10-11H2. The number of benzene rings is 1. The summed E-state index contributed by atoms with van der Waals surface area (Å²) >= 11 is 0. The number of piperidine rings is 1. The lowest BCUT2D eigenvalue weighted by Crippen LogP contribution is -2.46. The lowest BCUT2D eigenvalue weighted by Gasteiger charge is -2.50. The number of halogens is 1. The van der Waals surface area contributed by atoms with Gasteiger partial charge in [0.15, 0.2) is 0 Å². The molecule has 1 spiro atoms. The van der Waals surface area contributed by atoms with Crippen LogP contribution >= 0.6 is 0 Å². The molecule has 1 aliphatic carbocycles. The number of rotatable bonds is 1. The number of aromatic nitrogens is 1.